The molecule has 174 valence electrons. The summed E-state index contributed by atoms with van der Waals surface area (Å²) in [5.74, 6) is 3.39. The molecule has 2 N–H and O–H groups in total. The van der Waals surface area contributed by atoms with Crippen LogP contribution < -0.4 is 0 Å². The van der Waals surface area contributed by atoms with Gasteiger partial charge in [-0.25, -0.2) is 0 Å². The summed E-state index contributed by atoms with van der Waals surface area (Å²) in [6.07, 6.45) is 10.1. The third kappa shape index (κ3) is 2.74. The molecular weight excluding hydrogens is 388 g/mol. The van der Waals surface area contributed by atoms with Crippen molar-refractivity contribution in [2.24, 2.45) is 46.3 Å². The highest BCUT2D eigenvalue weighted by atomic mass is 16.7. The summed E-state index contributed by atoms with van der Waals surface area (Å²) in [7, 11) is 0. The minimum atomic E-state index is -0.584. The normalized spacial score (nSPS) is 60.7. The first-order valence-electron chi connectivity index (χ1n) is 13.1. The highest BCUT2D eigenvalue weighted by Gasteiger charge is 2.68. The topological polar surface area (TPSA) is 58.9 Å². The Hall–Kier alpha value is -0.420. The number of aliphatic hydroxyl groups excluding tert-OH is 2. The van der Waals surface area contributed by atoms with Crippen molar-refractivity contribution in [2.45, 2.75) is 103 Å². The molecule has 0 radical (unpaired) electrons. The molecule has 31 heavy (non-hydrogen) atoms. The second kappa shape index (κ2) is 6.81. The van der Waals surface area contributed by atoms with Crippen LogP contribution in [-0.4, -0.2) is 40.9 Å². The van der Waals surface area contributed by atoms with Gasteiger partial charge in [-0.15, -0.1) is 0 Å². The minimum Gasteiger partial charge on any atom is -0.390 e. The Kier molecular flexibility index (Phi) is 4.64. The first kappa shape index (κ1) is 21.1. The molecule has 0 aromatic rings. The molecule has 4 nitrogen and oxygen atoms in total. The van der Waals surface area contributed by atoms with Crippen LogP contribution in [-0.2, 0) is 9.47 Å². The van der Waals surface area contributed by atoms with Gasteiger partial charge in [0, 0.05) is 12.3 Å². The predicted molar refractivity (Wildman–Crippen MR) is 119 cm³/mol. The van der Waals surface area contributed by atoms with E-state index in [1.807, 2.05) is 0 Å². The van der Waals surface area contributed by atoms with Gasteiger partial charge in [-0.05, 0) is 85.4 Å². The summed E-state index contributed by atoms with van der Waals surface area (Å²) in [5.41, 5.74) is 1.80. The molecule has 2 aliphatic heterocycles. The maximum Gasteiger partial charge on any atom is 0.171 e. The largest absolute Gasteiger partial charge is 0.390 e. The van der Waals surface area contributed by atoms with Gasteiger partial charge in [0.25, 0.3) is 0 Å². The van der Waals surface area contributed by atoms with Crippen molar-refractivity contribution < 1.29 is 19.7 Å². The maximum atomic E-state index is 10.5. The van der Waals surface area contributed by atoms with Crippen molar-refractivity contribution in [3.8, 4) is 0 Å². The lowest BCUT2D eigenvalue weighted by molar-refractivity contribution is -0.272. The third-order valence-corrected chi connectivity index (χ3v) is 11.4. The number of fused-ring (bicyclic) bond motifs is 7. The second-order valence-electron chi connectivity index (χ2n) is 12.8. The Morgan fingerprint density at radius 1 is 1.03 bits per heavy atom. The van der Waals surface area contributed by atoms with Gasteiger partial charge in [0.1, 0.15) is 0 Å². The molecule has 1 spiro atoms. The van der Waals surface area contributed by atoms with Gasteiger partial charge in [0.05, 0.1) is 24.9 Å². The molecule has 2 heterocycles. The van der Waals surface area contributed by atoms with Crippen LogP contribution in [0.3, 0.4) is 0 Å². The monoisotopic (exact) mass is 430 g/mol. The van der Waals surface area contributed by atoms with Crippen LogP contribution in [0.1, 0.15) is 79.1 Å². The van der Waals surface area contributed by atoms with Crippen LogP contribution in [0, 0.1) is 46.3 Å². The SMILES string of the molecule is C[C@H]1CC[C@@]2(OC1)O[C@H]1C[C@@H]3[C@@H]4CC=C5C[C@@H](O)[C@H](O)C[C@]5(C)[C@H]4CC[C@]3(C)[C@H]1[C@@H]2C. The van der Waals surface area contributed by atoms with Crippen molar-refractivity contribution in [3.63, 3.8) is 0 Å². The van der Waals surface area contributed by atoms with Crippen molar-refractivity contribution in [2.75, 3.05) is 6.61 Å². The molecule has 3 saturated carbocycles. The zero-order valence-electron chi connectivity index (χ0n) is 19.8. The third-order valence-electron chi connectivity index (χ3n) is 11.4. The summed E-state index contributed by atoms with van der Waals surface area (Å²) >= 11 is 0. The average Bonchev–Trinajstić information content (AvgIpc) is 3.16. The Bertz CT molecular complexity index is 769. The Balaban J connectivity index is 1.28. The van der Waals surface area contributed by atoms with Crippen LogP contribution in [0.2, 0.25) is 0 Å². The van der Waals surface area contributed by atoms with E-state index in [0.717, 1.165) is 25.9 Å². The fraction of sp³-hybridized carbons (Fsp3) is 0.926. The number of hydrogen-bond acceptors (Lipinski definition) is 4. The van der Waals surface area contributed by atoms with E-state index >= 15 is 0 Å². The van der Waals surface area contributed by atoms with Crippen LogP contribution in [0.4, 0.5) is 0 Å². The molecule has 4 aliphatic carbocycles. The number of ether oxygens (including phenoxy) is 2. The molecular formula is C27H42O4. The number of rotatable bonds is 0. The van der Waals surface area contributed by atoms with E-state index < -0.39 is 12.2 Å². The highest BCUT2D eigenvalue weighted by molar-refractivity contribution is 5.27. The molecule has 0 aromatic carbocycles. The van der Waals surface area contributed by atoms with Gasteiger partial charge in [-0.1, -0.05) is 39.3 Å². The maximum absolute atomic E-state index is 10.5. The molecule has 5 fully saturated rings. The number of aliphatic hydroxyl groups is 2. The van der Waals surface area contributed by atoms with E-state index in [1.54, 1.807) is 0 Å². The standard InChI is InChI=1S/C27H42O4/c1-15-7-10-27(30-14-15)16(2)24-23(31-27)12-20-18-6-5-17-11-21(28)22(29)13-26(17,4)19(18)8-9-25(20,24)3/h5,15-16,18-24,28-29H,6-14H2,1-4H3/t15-,16-,18+,19-,20+,21+,22+,23-,24-,25-,26-,27+/m0/s1. The van der Waals surface area contributed by atoms with Crippen LogP contribution in [0.15, 0.2) is 11.6 Å². The lowest BCUT2D eigenvalue weighted by Crippen LogP contribution is -2.54. The summed E-state index contributed by atoms with van der Waals surface area (Å²) in [6.45, 7) is 10.5. The van der Waals surface area contributed by atoms with Crippen molar-refractivity contribution >= 4 is 0 Å². The van der Waals surface area contributed by atoms with Gasteiger partial charge < -0.3 is 19.7 Å². The molecule has 6 rings (SSSR count). The Labute approximate surface area is 187 Å². The van der Waals surface area contributed by atoms with Gasteiger partial charge in [-0.3, -0.25) is 0 Å². The number of allylic oxidation sites excluding steroid dienone is 1. The Morgan fingerprint density at radius 3 is 2.58 bits per heavy atom. The minimum absolute atomic E-state index is 0.0525. The fourth-order valence-electron chi connectivity index (χ4n) is 9.71. The zero-order valence-corrected chi connectivity index (χ0v) is 19.8. The molecule has 0 bridgehead atoms. The summed E-state index contributed by atoms with van der Waals surface area (Å²) < 4.78 is 13.3. The average molecular weight is 431 g/mol. The van der Waals surface area contributed by atoms with Crippen LogP contribution in [0.25, 0.3) is 0 Å². The van der Waals surface area contributed by atoms with Crippen molar-refractivity contribution in [1.82, 2.24) is 0 Å². The molecule has 0 aromatic heterocycles. The van der Waals surface area contributed by atoms with E-state index in [-0.39, 0.29) is 11.2 Å². The van der Waals surface area contributed by atoms with Gasteiger partial charge in [0.15, 0.2) is 5.79 Å². The molecule has 4 heteroatoms. The molecule has 2 saturated heterocycles. The highest BCUT2D eigenvalue weighted by Crippen LogP contribution is 2.70. The first-order chi connectivity index (χ1) is 14.7. The van der Waals surface area contributed by atoms with Gasteiger partial charge in [0.2, 0.25) is 0 Å². The van der Waals surface area contributed by atoms with Crippen molar-refractivity contribution in [1.29, 1.82) is 0 Å². The van der Waals surface area contributed by atoms with E-state index in [1.165, 1.54) is 31.3 Å². The second-order valence-corrected chi connectivity index (χ2v) is 12.8. The predicted octanol–water partition coefficient (Wildman–Crippen LogP) is 4.68. The Morgan fingerprint density at radius 2 is 1.84 bits per heavy atom. The summed E-state index contributed by atoms with van der Waals surface area (Å²) in [5, 5.41) is 20.8. The molecule has 0 amide bonds. The lowest BCUT2D eigenvalue weighted by Gasteiger charge is -2.59. The molecule has 6 aliphatic rings. The van der Waals surface area contributed by atoms with E-state index in [4.69, 9.17) is 9.47 Å². The first-order valence-corrected chi connectivity index (χ1v) is 13.1. The van der Waals surface area contributed by atoms with E-state index in [2.05, 4.69) is 33.8 Å². The smallest absolute Gasteiger partial charge is 0.171 e. The van der Waals surface area contributed by atoms with Gasteiger partial charge >= 0.3 is 0 Å². The van der Waals surface area contributed by atoms with Crippen LogP contribution >= 0.6 is 0 Å². The quantitative estimate of drug-likeness (QED) is 0.548. The molecule has 0 unspecified atom stereocenters. The number of hydrogen-bond donors (Lipinski definition) is 2. The lowest BCUT2D eigenvalue weighted by atomic mass is 9.46. The van der Waals surface area contributed by atoms with Gasteiger partial charge in [-0.2, -0.15) is 0 Å². The van der Waals surface area contributed by atoms with Crippen LogP contribution in [0.5, 0.6) is 0 Å². The summed E-state index contributed by atoms with van der Waals surface area (Å²) in [4.78, 5) is 0. The zero-order chi connectivity index (χ0) is 21.8. The van der Waals surface area contributed by atoms with Crippen molar-refractivity contribution in [3.05, 3.63) is 11.6 Å². The molecule has 12 atom stereocenters. The van der Waals surface area contributed by atoms with E-state index in [9.17, 15) is 10.2 Å². The summed E-state index contributed by atoms with van der Waals surface area (Å²) in [6, 6.07) is 0. The van der Waals surface area contributed by atoms with E-state index in [0.29, 0.717) is 53.4 Å². The fourth-order valence-corrected chi connectivity index (χ4v) is 9.71.